The molecule has 1 unspecified atom stereocenters. The number of hydrogen-bond acceptors (Lipinski definition) is 5. The quantitative estimate of drug-likeness (QED) is 0.576. The summed E-state index contributed by atoms with van der Waals surface area (Å²) in [7, 11) is 0. The Morgan fingerprint density at radius 2 is 2.06 bits per heavy atom. The number of nitrogens with zero attached hydrogens (tertiary/aromatic N) is 1. The van der Waals surface area contributed by atoms with Crippen molar-refractivity contribution >= 4 is 23.7 Å². The van der Waals surface area contributed by atoms with Crippen LogP contribution in [0.5, 0.6) is 0 Å². The maximum Gasteiger partial charge on any atom is 0.331 e. The van der Waals surface area contributed by atoms with Gasteiger partial charge in [0.25, 0.3) is 0 Å². The first kappa shape index (κ1) is 14.1. The fraction of sp³-hybridized carbons (Fsp3) is 0.636. The van der Waals surface area contributed by atoms with E-state index >= 15 is 0 Å². The Hall–Kier alpha value is -1.01. The standard InChI is InChI=1S/C11H17NO4S/c1-9(12-4-6-17-7-5-12)8-16-11(15)3-2-10(13)14/h2-3,9H,4-8H2,1H3,(H,13,14)/b3-2+. The minimum Gasteiger partial charge on any atom is -0.478 e. The van der Waals surface area contributed by atoms with Crippen LogP contribution in [0.2, 0.25) is 0 Å². The summed E-state index contributed by atoms with van der Waals surface area (Å²) in [5, 5.41) is 8.34. The molecule has 1 N–H and O–H groups in total. The van der Waals surface area contributed by atoms with Gasteiger partial charge in [-0.2, -0.15) is 11.8 Å². The van der Waals surface area contributed by atoms with Crippen molar-refractivity contribution in [2.24, 2.45) is 0 Å². The van der Waals surface area contributed by atoms with Crippen LogP contribution in [0.15, 0.2) is 12.2 Å². The molecule has 0 bridgehead atoms. The molecule has 6 heteroatoms. The van der Waals surface area contributed by atoms with Gasteiger partial charge in [-0.3, -0.25) is 4.90 Å². The minimum absolute atomic E-state index is 0.179. The lowest BCUT2D eigenvalue weighted by Gasteiger charge is -2.31. The molecular weight excluding hydrogens is 242 g/mol. The molecule has 0 radical (unpaired) electrons. The van der Waals surface area contributed by atoms with E-state index in [9.17, 15) is 9.59 Å². The Morgan fingerprint density at radius 3 is 2.65 bits per heavy atom. The number of ether oxygens (including phenoxy) is 1. The molecular formula is C11H17NO4S. The van der Waals surface area contributed by atoms with E-state index in [1.54, 1.807) is 0 Å². The first-order valence-electron chi connectivity index (χ1n) is 5.49. The molecule has 0 aromatic heterocycles. The van der Waals surface area contributed by atoms with Crippen LogP contribution >= 0.6 is 11.8 Å². The first-order chi connectivity index (χ1) is 8.09. The Morgan fingerprint density at radius 1 is 1.41 bits per heavy atom. The van der Waals surface area contributed by atoms with Gasteiger partial charge < -0.3 is 9.84 Å². The molecule has 0 saturated carbocycles. The van der Waals surface area contributed by atoms with Crippen molar-refractivity contribution in [3.05, 3.63) is 12.2 Å². The Balaban J connectivity index is 2.24. The molecule has 0 aliphatic carbocycles. The van der Waals surface area contributed by atoms with E-state index < -0.39 is 11.9 Å². The lowest BCUT2D eigenvalue weighted by molar-refractivity contribution is -0.140. The number of rotatable bonds is 5. The summed E-state index contributed by atoms with van der Waals surface area (Å²) in [4.78, 5) is 23.6. The topological polar surface area (TPSA) is 66.8 Å². The number of aliphatic carboxylic acids is 1. The molecule has 1 saturated heterocycles. The lowest BCUT2D eigenvalue weighted by atomic mass is 10.3. The van der Waals surface area contributed by atoms with Crippen molar-refractivity contribution < 1.29 is 19.4 Å². The van der Waals surface area contributed by atoms with Crippen molar-refractivity contribution in [2.75, 3.05) is 31.2 Å². The van der Waals surface area contributed by atoms with Crippen molar-refractivity contribution in [3.8, 4) is 0 Å². The summed E-state index contributed by atoms with van der Waals surface area (Å²) in [5.41, 5.74) is 0. The van der Waals surface area contributed by atoms with Gasteiger partial charge in [-0.1, -0.05) is 0 Å². The Labute approximate surface area is 105 Å². The van der Waals surface area contributed by atoms with Crippen LogP contribution in [0, 0.1) is 0 Å². The molecule has 1 aliphatic rings. The summed E-state index contributed by atoms with van der Waals surface area (Å²) in [6, 6.07) is 0.179. The van der Waals surface area contributed by atoms with Crippen LogP contribution in [0.25, 0.3) is 0 Å². The van der Waals surface area contributed by atoms with E-state index in [-0.39, 0.29) is 6.04 Å². The van der Waals surface area contributed by atoms with Gasteiger partial charge in [0.15, 0.2) is 0 Å². The fourth-order valence-corrected chi connectivity index (χ4v) is 2.45. The number of esters is 1. The van der Waals surface area contributed by atoms with Crippen LogP contribution in [-0.4, -0.2) is 59.2 Å². The van der Waals surface area contributed by atoms with E-state index in [0.29, 0.717) is 6.61 Å². The third kappa shape index (κ3) is 5.74. The molecule has 1 heterocycles. The van der Waals surface area contributed by atoms with Gasteiger partial charge in [0.05, 0.1) is 0 Å². The molecule has 17 heavy (non-hydrogen) atoms. The summed E-state index contributed by atoms with van der Waals surface area (Å²) >= 11 is 1.93. The number of carboxylic acids is 1. The molecule has 1 aliphatic heterocycles. The Kier molecular flexibility index (Phi) is 6.07. The molecule has 0 spiro atoms. The van der Waals surface area contributed by atoms with E-state index in [0.717, 1.165) is 36.7 Å². The number of thioether (sulfide) groups is 1. The van der Waals surface area contributed by atoms with Gasteiger partial charge in [-0.15, -0.1) is 0 Å². The second-order valence-corrected chi connectivity index (χ2v) is 5.02. The van der Waals surface area contributed by atoms with Crippen LogP contribution in [0.4, 0.5) is 0 Å². The first-order valence-corrected chi connectivity index (χ1v) is 6.64. The minimum atomic E-state index is -1.15. The highest BCUT2D eigenvalue weighted by atomic mass is 32.2. The third-order valence-corrected chi connectivity index (χ3v) is 3.44. The van der Waals surface area contributed by atoms with Crippen LogP contribution in [0.1, 0.15) is 6.92 Å². The molecule has 5 nitrogen and oxygen atoms in total. The number of carboxylic acid groups (broad SMARTS) is 1. The molecule has 1 fully saturated rings. The van der Waals surface area contributed by atoms with Gasteiger partial charge in [0, 0.05) is 42.8 Å². The van der Waals surface area contributed by atoms with Gasteiger partial charge >= 0.3 is 11.9 Å². The zero-order valence-corrected chi connectivity index (χ0v) is 10.6. The van der Waals surface area contributed by atoms with Gasteiger partial charge in [0.1, 0.15) is 6.61 Å². The van der Waals surface area contributed by atoms with Gasteiger partial charge in [-0.25, -0.2) is 9.59 Å². The average molecular weight is 259 g/mol. The van der Waals surface area contributed by atoms with E-state index in [4.69, 9.17) is 9.84 Å². The zero-order valence-electron chi connectivity index (χ0n) is 9.80. The summed E-state index contributed by atoms with van der Waals surface area (Å²) in [6.45, 7) is 4.32. The fourth-order valence-electron chi connectivity index (χ4n) is 1.51. The van der Waals surface area contributed by atoms with E-state index in [1.165, 1.54) is 0 Å². The highest BCUT2D eigenvalue weighted by Crippen LogP contribution is 2.12. The van der Waals surface area contributed by atoms with Gasteiger partial charge in [0.2, 0.25) is 0 Å². The maximum atomic E-state index is 11.1. The summed E-state index contributed by atoms with van der Waals surface area (Å²) in [5.74, 6) is 0.461. The number of carbonyl (C=O) groups is 2. The lowest BCUT2D eigenvalue weighted by Crippen LogP contribution is -2.42. The maximum absolute atomic E-state index is 11.1. The third-order valence-electron chi connectivity index (χ3n) is 2.50. The van der Waals surface area contributed by atoms with E-state index in [1.807, 2.05) is 18.7 Å². The predicted molar refractivity (Wildman–Crippen MR) is 66.1 cm³/mol. The second kappa shape index (κ2) is 7.34. The molecule has 1 atom stereocenters. The SMILES string of the molecule is CC(COC(=O)/C=C/C(=O)O)N1CCSCC1. The second-order valence-electron chi connectivity index (χ2n) is 3.80. The van der Waals surface area contributed by atoms with Crippen LogP contribution < -0.4 is 0 Å². The molecule has 1 rings (SSSR count). The van der Waals surface area contributed by atoms with Crippen molar-refractivity contribution in [1.29, 1.82) is 0 Å². The largest absolute Gasteiger partial charge is 0.478 e. The van der Waals surface area contributed by atoms with Crippen LogP contribution in [0.3, 0.4) is 0 Å². The number of hydrogen-bond donors (Lipinski definition) is 1. The van der Waals surface area contributed by atoms with Crippen molar-refractivity contribution in [1.82, 2.24) is 4.90 Å². The smallest absolute Gasteiger partial charge is 0.331 e. The van der Waals surface area contributed by atoms with Crippen molar-refractivity contribution in [3.63, 3.8) is 0 Å². The summed E-state index contributed by atoms with van der Waals surface area (Å²) < 4.78 is 4.97. The monoisotopic (exact) mass is 259 g/mol. The molecule has 96 valence electrons. The highest BCUT2D eigenvalue weighted by molar-refractivity contribution is 7.99. The molecule has 0 aromatic carbocycles. The molecule has 0 aromatic rings. The highest BCUT2D eigenvalue weighted by Gasteiger charge is 2.17. The summed E-state index contributed by atoms with van der Waals surface area (Å²) in [6.07, 6.45) is 1.71. The van der Waals surface area contributed by atoms with E-state index in [2.05, 4.69) is 4.90 Å². The zero-order chi connectivity index (χ0) is 12.7. The van der Waals surface area contributed by atoms with Gasteiger partial charge in [-0.05, 0) is 6.92 Å². The van der Waals surface area contributed by atoms with Crippen LogP contribution in [-0.2, 0) is 14.3 Å². The predicted octanol–water partition coefficient (Wildman–Crippen LogP) is 0.608. The number of carbonyl (C=O) groups excluding carboxylic acids is 1. The normalized spacial score (nSPS) is 19.1. The Bertz CT molecular complexity index is 300. The molecule has 0 amide bonds. The van der Waals surface area contributed by atoms with Crippen molar-refractivity contribution in [2.45, 2.75) is 13.0 Å². The average Bonchev–Trinajstić information content (AvgIpc) is 2.34.